The number of carbonyl (C=O) groups is 1. The van der Waals surface area contributed by atoms with Crippen LogP contribution in [0.4, 0.5) is 0 Å². The average Bonchev–Trinajstić information content (AvgIpc) is 3.02. The Labute approximate surface area is 119 Å². The number of rotatable bonds is 5. The van der Waals surface area contributed by atoms with Crippen molar-refractivity contribution in [3.05, 3.63) is 35.9 Å². The predicted molar refractivity (Wildman–Crippen MR) is 77.1 cm³/mol. The summed E-state index contributed by atoms with van der Waals surface area (Å²) in [5.41, 5.74) is 6.90. The average molecular weight is 274 g/mol. The zero-order valence-corrected chi connectivity index (χ0v) is 11.6. The van der Waals surface area contributed by atoms with Crippen molar-refractivity contribution < 1.29 is 9.53 Å². The first-order valence-electron chi connectivity index (χ1n) is 7.46. The van der Waals surface area contributed by atoms with Crippen LogP contribution < -0.4 is 11.1 Å². The predicted octanol–water partition coefficient (Wildman–Crippen LogP) is 1.24. The fourth-order valence-electron chi connectivity index (χ4n) is 2.91. The first kappa shape index (κ1) is 13.6. The number of hydrogen-bond acceptors (Lipinski definition) is 3. The van der Waals surface area contributed by atoms with Crippen LogP contribution in [0.15, 0.2) is 30.3 Å². The number of ether oxygens (including phenoxy) is 1. The molecule has 1 amide bonds. The monoisotopic (exact) mass is 274 g/mol. The van der Waals surface area contributed by atoms with Crippen LogP contribution in [0.5, 0.6) is 0 Å². The van der Waals surface area contributed by atoms with Crippen LogP contribution in [-0.2, 0) is 16.0 Å². The van der Waals surface area contributed by atoms with Gasteiger partial charge in [-0.1, -0.05) is 30.3 Å². The van der Waals surface area contributed by atoms with E-state index in [1.165, 1.54) is 5.56 Å². The molecule has 1 aliphatic carbocycles. The lowest BCUT2D eigenvalue weighted by atomic mass is 10.1. The minimum absolute atomic E-state index is 0.0431. The van der Waals surface area contributed by atoms with E-state index in [1.807, 2.05) is 6.07 Å². The van der Waals surface area contributed by atoms with Gasteiger partial charge in [-0.15, -0.1) is 0 Å². The van der Waals surface area contributed by atoms with Gasteiger partial charge in [0.15, 0.2) is 0 Å². The number of nitrogens with one attached hydrogen (secondary N) is 1. The van der Waals surface area contributed by atoms with E-state index in [9.17, 15) is 4.79 Å². The number of nitrogens with two attached hydrogens (primary N) is 1. The van der Waals surface area contributed by atoms with Gasteiger partial charge in [-0.25, -0.2) is 0 Å². The Morgan fingerprint density at radius 1 is 1.30 bits per heavy atom. The van der Waals surface area contributed by atoms with Gasteiger partial charge in [0, 0.05) is 12.6 Å². The molecule has 3 N–H and O–H groups in total. The molecule has 4 heteroatoms. The molecule has 108 valence electrons. The third-order valence-electron chi connectivity index (χ3n) is 4.25. The van der Waals surface area contributed by atoms with Gasteiger partial charge < -0.3 is 15.8 Å². The highest BCUT2D eigenvalue weighted by molar-refractivity contribution is 5.81. The molecule has 4 atom stereocenters. The smallest absolute Gasteiger partial charge is 0.249 e. The maximum absolute atomic E-state index is 12.1. The normalized spacial score (nSPS) is 32.0. The summed E-state index contributed by atoms with van der Waals surface area (Å²) in [6.45, 7) is 0.504. The third kappa shape index (κ3) is 3.19. The fraction of sp³-hybridized carbons (Fsp3) is 0.562. The topological polar surface area (TPSA) is 64.4 Å². The van der Waals surface area contributed by atoms with Crippen molar-refractivity contribution in [1.29, 1.82) is 0 Å². The number of hydrogen-bond donors (Lipinski definition) is 2. The van der Waals surface area contributed by atoms with Gasteiger partial charge >= 0.3 is 0 Å². The molecule has 4 nitrogen and oxygen atoms in total. The van der Waals surface area contributed by atoms with Crippen LogP contribution in [-0.4, -0.2) is 30.7 Å². The highest BCUT2D eigenvalue weighted by Gasteiger charge is 2.40. The number of carbonyl (C=O) groups excluding carboxylic acids is 1. The molecule has 1 aromatic rings. The Morgan fingerprint density at radius 2 is 2.10 bits per heavy atom. The summed E-state index contributed by atoms with van der Waals surface area (Å²) in [7, 11) is 0. The molecule has 0 bridgehead atoms. The summed E-state index contributed by atoms with van der Waals surface area (Å²) in [6.07, 6.45) is 3.58. The van der Waals surface area contributed by atoms with Crippen LogP contribution in [0, 0.1) is 5.92 Å². The van der Waals surface area contributed by atoms with Gasteiger partial charge in [-0.2, -0.15) is 0 Å². The quantitative estimate of drug-likeness (QED) is 0.849. The van der Waals surface area contributed by atoms with Crippen molar-refractivity contribution in [3.8, 4) is 0 Å². The second kappa shape index (κ2) is 5.94. The molecule has 2 fully saturated rings. The molecule has 2 aliphatic rings. The molecular formula is C16H22N2O2. The van der Waals surface area contributed by atoms with Gasteiger partial charge in [0.1, 0.15) is 6.10 Å². The van der Waals surface area contributed by atoms with Crippen LogP contribution >= 0.6 is 0 Å². The second-order valence-corrected chi connectivity index (χ2v) is 5.86. The largest absolute Gasteiger partial charge is 0.364 e. The lowest BCUT2D eigenvalue weighted by Crippen LogP contribution is -2.37. The van der Waals surface area contributed by atoms with Crippen molar-refractivity contribution in [2.75, 3.05) is 6.54 Å². The molecule has 1 aromatic carbocycles. The minimum Gasteiger partial charge on any atom is -0.364 e. The maximum Gasteiger partial charge on any atom is 0.249 e. The Bertz CT molecular complexity index is 463. The number of amides is 1. The van der Waals surface area contributed by atoms with Crippen molar-refractivity contribution in [2.45, 2.75) is 43.9 Å². The van der Waals surface area contributed by atoms with E-state index < -0.39 is 0 Å². The molecule has 1 aliphatic heterocycles. The summed E-state index contributed by atoms with van der Waals surface area (Å²) in [5.74, 6) is 0.620. The van der Waals surface area contributed by atoms with E-state index in [0.29, 0.717) is 18.5 Å². The second-order valence-electron chi connectivity index (χ2n) is 5.86. The Kier molecular flexibility index (Phi) is 4.03. The fourth-order valence-corrected chi connectivity index (χ4v) is 2.91. The first-order valence-corrected chi connectivity index (χ1v) is 7.46. The number of benzene rings is 1. The van der Waals surface area contributed by atoms with Gasteiger partial charge in [0.25, 0.3) is 0 Å². The van der Waals surface area contributed by atoms with E-state index in [4.69, 9.17) is 10.5 Å². The summed E-state index contributed by atoms with van der Waals surface area (Å²) in [4.78, 5) is 12.1. The molecule has 0 radical (unpaired) electrons. The molecule has 2 unspecified atom stereocenters. The van der Waals surface area contributed by atoms with Crippen molar-refractivity contribution >= 4 is 5.91 Å². The van der Waals surface area contributed by atoms with E-state index in [2.05, 4.69) is 29.6 Å². The van der Waals surface area contributed by atoms with Gasteiger partial charge in [0.2, 0.25) is 5.91 Å². The molecule has 0 spiro atoms. The maximum atomic E-state index is 12.1. The molecule has 1 heterocycles. The summed E-state index contributed by atoms with van der Waals surface area (Å²) >= 11 is 0. The highest BCUT2D eigenvalue weighted by Crippen LogP contribution is 2.34. The molecule has 1 saturated heterocycles. The minimum atomic E-state index is -0.290. The van der Waals surface area contributed by atoms with E-state index in [-0.39, 0.29) is 18.1 Å². The molecule has 3 rings (SSSR count). The van der Waals surface area contributed by atoms with Gasteiger partial charge in [-0.3, -0.25) is 4.79 Å². The molecule has 0 aromatic heterocycles. The highest BCUT2D eigenvalue weighted by atomic mass is 16.5. The van der Waals surface area contributed by atoms with Crippen LogP contribution in [0.3, 0.4) is 0 Å². The van der Waals surface area contributed by atoms with Crippen molar-refractivity contribution in [3.63, 3.8) is 0 Å². The lowest BCUT2D eigenvalue weighted by molar-refractivity contribution is -0.132. The Balaban J connectivity index is 1.43. The molecular weight excluding hydrogens is 252 g/mol. The van der Waals surface area contributed by atoms with Gasteiger partial charge in [-0.05, 0) is 37.2 Å². The van der Waals surface area contributed by atoms with Crippen LogP contribution in [0.25, 0.3) is 0 Å². The first-order chi connectivity index (χ1) is 9.76. The van der Waals surface area contributed by atoms with Crippen LogP contribution in [0.1, 0.15) is 24.8 Å². The summed E-state index contributed by atoms with van der Waals surface area (Å²) in [5, 5.41) is 3.11. The van der Waals surface area contributed by atoms with E-state index >= 15 is 0 Å². The van der Waals surface area contributed by atoms with Crippen LogP contribution in [0.2, 0.25) is 0 Å². The molecule has 20 heavy (non-hydrogen) atoms. The summed E-state index contributed by atoms with van der Waals surface area (Å²) < 4.78 is 5.62. The summed E-state index contributed by atoms with van der Waals surface area (Å²) in [6, 6.07) is 10.8. The Hall–Kier alpha value is -1.39. The van der Waals surface area contributed by atoms with Crippen molar-refractivity contribution in [2.24, 2.45) is 11.7 Å². The zero-order valence-electron chi connectivity index (χ0n) is 11.6. The van der Waals surface area contributed by atoms with E-state index in [0.717, 1.165) is 25.7 Å². The van der Waals surface area contributed by atoms with Crippen molar-refractivity contribution in [1.82, 2.24) is 5.32 Å². The lowest BCUT2D eigenvalue weighted by Gasteiger charge is -2.12. The molecule has 1 saturated carbocycles. The standard InChI is InChI=1S/C16H22N2O2/c17-10-13-6-7-15(20-13)16(19)18-14-9-12(14)8-11-4-2-1-3-5-11/h1-5,12-15H,6-10,17H2,(H,18,19)/t12?,13-,14?,15+/m1/s1. The Morgan fingerprint density at radius 3 is 2.80 bits per heavy atom. The zero-order chi connectivity index (χ0) is 13.9. The third-order valence-corrected chi connectivity index (χ3v) is 4.25. The van der Waals surface area contributed by atoms with Gasteiger partial charge in [0.05, 0.1) is 6.10 Å². The van der Waals surface area contributed by atoms with E-state index in [1.54, 1.807) is 0 Å². The SMILES string of the molecule is NC[C@H]1CC[C@@H](C(=O)NC2CC2Cc2ccccc2)O1.